The van der Waals surface area contributed by atoms with Crippen LogP contribution in [0.25, 0.3) is 5.65 Å². The lowest BCUT2D eigenvalue weighted by Gasteiger charge is -2.30. The zero-order chi connectivity index (χ0) is 11.8. The third-order valence-corrected chi connectivity index (χ3v) is 2.98. The van der Waals surface area contributed by atoms with Gasteiger partial charge in [-0.25, -0.2) is 9.89 Å². The van der Waals surface area contributed by atoms with Gasteiger partial charge in [0.15, 0.2) is 5.65 Å². The average molecular weight is 235 g/mol. The molecule has 7 nitrogen and oxygen atoms in total. The van der Waals surface area contributed by atoms with Crippen LogP contribution < -0.4 is 10.6 Å². The Morgan fingerprint density at radius 1 is 1.47 bits per heavy atom. The molecule has 1 atom stereocenters. The van der Waals surface area contributed by atoms with Gasteiger partial charge in [0.25, 0.3) is 0 Å². The van der Waals surface area contributed by atoms with E-state index < -0.39 is 0 Å². The van der Waals surface area contributed by atoms with Gasteiger partial charge in [0.2, 0.25) is 0 Å². The van der Waals surface area contributed by atoms with Gasteiger partial charge in [0.05, 0.1) is 6.10 Å². The van der Waals surface area contributed by atoms with Crippen LogP contribution in [0.3, 0.4) is 0 Å². The van der Waals surface area contributed by atoms with Crippen molar-refractivity contribution in [2.45, 2.75) is 18.9 Å². The van der Waals surface area contributed by atoms with E-state index in [1.54, 1.807) is 6.07 Å². The molecular weight excluding hydrogens is 222 g/mol. The number of β-amino-alcohol motifs (C(OH)–C–C–N with tert-alkyl or cyclic N) is 1. The highest BCUT2D eigenvalue weighted by Gasteiger charge is 2.19. The van der Waals surface area contributed by atoms with E-state index in [0.717, 1.165) is 19.4 Å². The standard InChI is InChI=1S/C10H13N5O2/c16-7-2-1-5-14(6-7)9-4-3-8-11-12-10(17)15(8)13-9/h3-4,7,16H,1-2,5-6H2,(H,12,17)/t7-/m0/s1. The normalized spacial score (nSPS) is 21.0. The molecule has 2 N–H and O–H groups in total. The second-order valence-corrected chi connectivity index (χ2v) is 4.23. The predicted octanol–water partition coefficient (Wildman–Crippen LogP) is -0.621. The summed E-state index contributed by atoms with van der Waals surface area (Å²) in [5, 5.41) is 20.0. The number of nitrogens with zero attached hydrogens (tertiary/aromatic N) is 4. The van der Waals surface area contributed by atoms with E-state index in [1.807, 2.05) is 11.0 Å². The van der Waals surface area contributed by atoms with Gasteiger partial charge >= 0.3 is 5.69 Å². The first-order chi connectivity index (χ1) is 8.24. The van der Waals surface area contributed by atoms with Crippen LogP contribution in [0, 0.1) is 0 Å². The van der Waals surface area contributed by atoms with Crippen LogP contribution in [-0.2, 0) is 0 Å². The third-order valence-electron chi connectivity index (χ3n) is 2.98. The number of aromatic nitrogens is 4. The fraction of sp³-hybridized carbons (Fsp3) is 0.500. The quantitative estimate of drug-likeness (QED) is 0.688. The van der Waals surface area contributed by atoms with Crippen LogP contribution >= 0.6 is 0 Å². The number of fused-ring (bicyclic) bond motifs is 1. The minimum atomic E-state index is -0.348. The molecule has 2 aromatic rings. The number of piperidine rings is 1. The van der Waals surface area contributed by atoms with Crippen molar-refractivity contribution in [3.8, 4) is 0 Å². The van der Waals surface area contributed by atoms with E-state index in [0.29, 0.717) is 18.0 Å². The molecule has 0 spiro atoms. The molecule has 7 heteroatoms. The van der Waals surface area contributed by atoms with Crippen LogP contribution in [0.5, 0.6) is 0 Å². The first-order valence-corrected chi connectivity index (χ1v) is 5.61. The molecule has 0 aliphatic carbocycles. The summed E-state index contributed by atoms with van der Waals surface area (Å²) < 4.78 is 1.23. The van der Waals surface area contributed by atoms with Gasteiger partial charge in [-0.05, 0) is 25.0 Å². The van der Waals surface area contributed by atoms with Crippen LogP contribution in [0.4, 0.5) is 5.82 Å². The van der Waals surface area contributed by atoms with Gasteiger partial charge in [0, 0.05) is 13.1 Å². The van der Waals surface area contributed by atoms with Crippen LogP contribution in [0.1, 0.15) is 12.8 Å². The predicted molar refractivity (Wildman–Crippen MR) is 61.1 cm³/mol. The number of hydrogen-bond acceptors (Lipinski definition) is 5. The Kier molecular flexibility index (Phi) is 2.32. The Bertz CT molecular complexity index is 590. The largest absolute Gasteiger partial charge is 0.391 e. The zero-order valence-corrected chi connectivity index (χ0v) is 9.20. The first kappa shape index (κ1) is 10.3. The second-order valence-electron chi connectivity index (χ2n) is 4.23. The van der Waals surface area contributed by atoms with Gasteiger partial charge < -0.3 is 10.0 Å². The Hall–Kier alpha value is -1.89. The lowest BCUT2D eigenvalue weighted by atomic mass is 10.1. The number of anilines is 1. The SMILES string of the molecule is O=c1[nH]nc2ccc(N3CCC[C@H](O)C3)nn12. The van der Waals surface area contributed by atoms with E-state index in [-0.39, 0.29) is 11.8 Å². The van der Waals surface area contributed by atoms with Crippen molar-refractivity contribution in [1.82, 2.24) is 19.8 Å². The molecule has 1 fully saturated rings. The molecule has 1 saturated heterocycles. The number of rotatable bonds is 1. The maximum absolute atomic E-state index is 11.4. The highest BCUT2D eigenvalue weighted by atomic mass is 16.3. The fourth-order valence-corrected chi connectivity index (χ4v) is 2.12. The fourth-order valence-electron chi connectivity index (χ4n) is 2.12. The number of aliphatic hydroxyl groups is 1. The Morgan fingerprint density at radius 2 is 2.35 bits per heavy atom. The topological polar surface area (TPSA) is 86.5 Å². The molecule has 0 amide bonds. The summed E-state index contributed by atoms with van der Waals surface area (Å²) in [6.45, 7) is 1.41. The molecule has 0 radical (unpaired) electrons. The zero-order valence-electron chi connectivity index (χ0n) is 9.20. The number of aliphatic hydroxyl groups excluding tert-OH is 1. The van der Waals surface area contributed by atoms with E-state index in [4.69, 9.17) is 0 Å². The minimum absolute atomic E-state index is 0.317. The Morgan fingerprint density at radius 3 is 3.18 bits per heavy atom. The number of H-pyrrole nitrogens is 1. The minimum Gasteiger partial charge on any atom is -0.391 e. The van der Waals surface area contributed by atoms with E-state index in [2.05, 4.69) is 15.3 Å². The summed E-state index contributed by atoms with van der Waals surface area (Å²) in [6.07, 6.45) is 1.44. The summed E-state index contributed by atoms with van der Waals surface area (Å²) in [5.41, 5.74) is 0.149. The summed E-state index contributed by atoms with van der Waals surface area (Å²) in [5.74, 6) is 0.694. The summed E-state index contributed by atoms with van der Waals surface area (Å²) >= 11 is 0. The number of hydrogen-bond donors (Lipinski definition) is 2. The van der Waals surface area contributed by atoms with E-state index in [1.165, 1.54) is 4.52 Å². The highest BCUT2D eigenvalue weighted by molar-refractivity contribution is 5.45. The van der Waals surface area contributed by atoms with Gasteiger partial charge in [-0.2, -0.15) is 9.61 Å². The molecule has 0 bridgehead atoms. The van der Waals surface area contributed by atoms with E-state index in [9.17, 15) is 9.90 Å². The Balaban J connectivity index is 1.99. The molecule has 2 aromatic heterocycles. The summed E-state index contributed by atoms with van der Waals surface area (Å²) in [4.78, 5) is 13.4. The van der Waals surface area contributed by atoms with Crippen molar-refractivity contribution in [2.75, 3.05) is 18.0 Å². The number of aromatic amines is 1. The van der Waals surface area contributed by atoms with Crippen molar-refractivity contribution in [3.63, 3.8) is 0 Å². The van der Waals surface area contributed by atoms with Gasteiger partial charge in [-0.1, -0.05) is 0 Å². The molecule has 0 unspecified atom stereocenters. The van der Waals surface area contributed by atoms with Crippen LogP contribution in [0.2, 0.25) is 0 Å². The molecule has 90 valence electrons. The maximum atomic E-state index is 11.4. The van der Waals surface area contributed by atoms with Gasteiger partial charge in [-0.15, -0.1) is 5.10 Å². The lowest BCUT2D eigenvalue weighted by molar-refractivity contribution is 0.153. The van der Waals surface area contributed by atoms with Crippen molar-refractivity contribution in [1.29, 1.82) is 0 Å². The van der Waals surface area contributed by atoms with Crippen LogP contribution in [-0.4, -0.2) is 44.1 Å². The highest BCUT2D eigenvalue weighted by Crippen LogP contribution is 2.17. The number of nitrogens with one attached hydrogen (secondary N) is 1. The maximum Gasteiger partial charge on any atom is 0.364 e. The average Bonchev–Trinajstić information content (AvgIpc) is 2.71. The molecule has 3 rings (SSSR count). The lowest BCUT2D eigenvalue weighted by Crippen LogP contribution is -2.39. The third kappa shape index (κ3) is 1.78. The Labute approximate surface area is 96.7 Å². The van der Waals surface area contributed by atoms with E-state index >= 15 is 0 Å². The van der Waals surface area contributed by atoms with Gasteiger partial charge in [-0.3, -0.25) is 0 Å². The molecule has 1 aliphatic rings. The summed E-state index contributed by atoms with van der Waals surface area (Å²) in [7, 11) is 0. The van der Waals surface area contributed by atoms with Crippen molar-refractivity contribution < 1.29 is 5.11 Å². The molecular formula is C10H13N5O2. The van der Waals surface area contributed by atoms with Crippen LogP contribution in [0.15, 0.2) is 16.9 Å². The second kappa shape index (κ2) is 3.85. The molecule has 3 heterocycles. The van der Waals surface area contributed by atoms with Crippen molar-refractivity contribution in [3.05, 3.63) is 22.6 Å². The van der Waals surface area contributed by atoms with Crippen molar-refractivity contribution >= 4 is 11.5 Å². The first-order valence-electron chi connectivity index (χ1n) is 5.61. The molecule has 0 saturated carbocycles. The van der Waals surface area contributed by atoms with Gasteiger partial charge in [0.1, 0.15) is 5.82 Å². The monoisotopic (exact) mass is 235 g/mol. The van der Waals surface area contributed by atoms with Crippen molar-refractivity contribution in [2.24, 2.45) is 0 Å². The smallest absolute Gasteiger partial charge is 0.364 e. The molecule has 0 aromatic carbocycles. The molecule has 1 aliphatic heterocycles. The summed E-state index contributed by atoms with van der Waals surface area (Å²) in [6, 6.07) is 3.55. The molecule has 17 heavy (non-hydrogen) atoms.